The molecule has 0 saturated carbocycles. The topological polar surface area (TPSA) is 69.7 Å². The van der Waals surface area contributed by atoms with Crippen LogP contribution in [0.15, 0.2) is 77.5 Å². The van der Waals surface area contributed by atoms with Crippen LogP contribution >= 0.6 is 46.4 Å². The molecule has 3 amide bonds. The monoisotopic (exact) mass is 533 g/mol. The van der Waals surface area contributed by atoms with Crippen molar-refractivity contribution < 1.29 is 14.4 Å². The lowest BCUT2D eigenvalue weighted by molar-refractivity contribution is -0.120. The van der Waals surface area contributed by atoms with E-state index >= 15 is 0 Å². The Labute approximate surface area is 215 Å². The van der Waals surface area contributed by atoms with Crippen LogP contribution in [0.3, 0.4) is 0 Å². The van der Waals surface area contributed by atoms with Gasteiger partial charge in [0.05, 0.1) is 20.8 Å². The molecule has 0 bridgehead atoms. The summed E-state index contributed by atoms with van der Waals surface area (Å²) in [5.74, 6) is -1.76. The van der Waals surface area contributed by atoms with Crippen LogP contribution in [0.1, 0.15) is 10.4 Å². The van der Waals surface area contributed by atoms with Crippen molar-refractivity contribution in [2.45, 2.75) is 0 Å². The van der Waals surface area contributed by atoms with E-state index in [1.54, 1.807) is 31.3 Å². The molecule has 0 atom stereocenters. The Balaban J connectivity index is 1.60. The van der Waals surface area contributed by atoms with Crippen LogP contribution in [0, 0.1) is 0 Å². The highest BCUT2D eigenvalue weighted by molar-refractivity contribution is 6.54. The molecule has 0 radical (unpaired) electrons. The van der Waals surface area contributed by atoms with Gasteiger partial charge in [-0.05, 0) is 42.5 Å². The van der Waals surface area contributed by atoms with Crippen molar-refractivity contribution in [3.63, 3.8) is 0 Å². The zero-order chi connectivity index (χ0) is 24.6. The zero-order valence-corrected chi connectivity index (χ0v) is 20.5. The highest BCUT2D eigenvalue weighted by atomic mass is 35.5. The molecule has 4 rings (SSSR count). The summed E-state index contributed by atoms with van der Waals surface area (Å²) in [4.78, 5) is 41.1. The lowest BCUT2D eigenvalue weighted by atomic mass is 10.1. The molecule has 10 heteroatoms. The van der Waals surface area contributed by atoms with Gasteiger partial charge >= 0.3 is 0 Å². The van der Waals surface area contributed by atoms with Gasteiger partial charge in [-0.2, -0.15) is 0 Å². The maximum absolute atomic E-state index is 13.1. The molecule has 1 N–H and O–H groups in total. The van der Waals surface area contributed by atoms with Crippen molar-refractivity contribution >= 4 is 81.2 Å². The predicted octanol–water partition coefficient (Wildman–Crippen LogP) is 6.36. The number of halogens is 4. The molecular formula is C24H15Cl4N3O3. The Morgan fingerprint density at radius 2 is 1.50 bits per heavy atom. The van der Waals surface area contributed by atoms with Gasteiger partial charge in [0.15, 0.2) is 0 Å². The summed E-state index contributed by atoms with van der Waals surface area (Å²) in [5.41, 5.74) is 1.38. The van der Waals surface area contributed by atoms with Crippen LogP contribution < -0.4 is 15.1 Å². The van der Waals surface area contributed by atoms with E-state index in [0.717, 1.165) is 10.6 Å². The Morgan fingerprint density at radius 1 is 0.824 bits per heavy atom. The molecule has 0 saturated heterocycles. The number of para-hydroxylation sites is 1. The normalized spacial score (nSPS) is 13.5. The third kappa shape index (κ3) is 4.50. The molecule has 0 aromatic heterocycles. The molecule has 34 heavy (non-hydrogen) atoms. The predicted molar refractivity (Wildman–Crippen MR) is 136 cm³/mol. The second-order valence-corrected chi connectivity index (χ2v) is 8.86. The minimum absolute atomic E-state index is 0.0504. The van der Waals surface area contributed by atoms with E-state index in [0.29, 0.717) is 11.3 Å². The van der Waals surface area contributed by atoms with E-state index in [2.05, 4.69) is 5.32 Å². The van der Waals surface area contributed by atoms with Crippen molar-refractivity contribution in [1.82, 2.24) is 0 Å². The van der Waals surface area contributed by atoms with E-state index < -0.39 is 11.8 Å². The van der Waals surface area contributed by atoms with Crippen molar-refractivity contribution in [2.24, 2.45) is 0 Å². The maximum atomic E-state index is 13.1. The van der Waals surface area contributed by atoms with Crippen LogP contribution in [-0.4, -0.2) is 24.8 Å². The van der Waals surface area contributed by atoms with Gasteiger partial charge in [-0.15, -0.1) is 0 Å². The van der Waals surface area contributed by atoms with Gasteiger partial charge in [0, 0.05) is 24.0 Å². The second kappa shape index (κ2) is 9.68. The van der Waals surface area contributed by atoms with Gasteiger partial charge in [-0.1, -0.05) is 70.7 Å². The van der Waals surface area contributed by atoms with Crippen molar-refractivity contribution in [3.05, 3.63) is 98.1 Å². The first-order valence-corrected chi connectivity index (χ1v) is 11.3. The summed E-state index contributed by atoms with van der Waals surface area (Å²) >= 11 is 24.4. The first-order valence-electron chi connectivity index (χ1n) is 9.82. The quantitative estimate of drug-likeness (QED) is 0.305. The first kappa shape index (κ1) is 24.1. The van der Waals surface area contributed by atoms with E-state index in [1.807, 2.05) is 30.3 Å². The lowest BCUT2D eigenvalue weighted by Gasteiger charge is -2.18. The summed E-state index contributed by atoms with van der Waals surface area (Å²) in [7, 11) is 1.66. The Morgan fingerprint density at radius 3 is 2.21 bits per heavy atom. The van der Waals surface area contributed by atoms with Gasteiger partial charge < -0.3 is 10.2 Å². The third-order valence-electron chi connectivity index (χ3n) is 5.08. The molecular weight excluding hydrogens is 520 g/mol. The van der Waals surface area contributed by atoms with Gasteiger partial charge in [0.1, 0.15) is 10.7 Å². The molecule has 1 heterocycles. The summed E-state index contributed by atoms with van der Waals surface area (Å²) < 4.78 is 0. The Hall–Kier alpha value is -3.03. The van der Waals surface area contributed by atoms with Crippen LogP contribution in [0.5, 0.6) is 0 Å². The fraction of sp³-hybridized carbons (Fsp3) is 0.0417. The Bertz CT molecular complexity index is 1360. The number of nitrogens with one attached hydrogen (secondary N) is 1. The van der Waals surface area contributed by atoms with Gasteiger partial charge in [-0.25, -0.2) is 4.90 Å². The number of anilines is 3. The summed E-state index contributed by atoms with van der Waals surface area (Å²) in [5, 5.41) is 2.87. The van der Waals surface area contributed by atoms with Crippen LogP contribution in [-0.2, 0) is 9.59 Å². The molecule has 0 unspecified atom stereocenters. The molecule has 0 aliphatic carbocycles. The minimum Gasteiger partial charge on any atom is -0.350 e. The molecule has 1 aliphatic rings. The van der Waals surface area contributed by atoms with E-state index in [4.69, 9.17) is 46.4 Å². The largest absolute Gasteiger partial charge is 0.350 e. The highest BCUT2D eigenvalue weighted by Gasteiger charge is 2.40. The third-order valence-corrected chi connectivity index (χ3v) is 6.46. The number of hydrogen-bond donors (Lipinski definition) is 1. The lowest BCUT2D eigenvalue weighted by Crippen LogP contribution is -2.32. The summed E-state index contributed by atoms with van der Waals surface area (Å²) in [6, 6.07) is 18.3. The molecule has 0 fully saturated rings. The fourth-order valence-electron chi connectivity index (χ4n) is 3.35. The minimum atomic E-state index is -0.773. The first-order chi connectivity index (χ1) is 16.2. The van der Waals surface area contributed by atoms with Crippen molar-refractivity contribution in [2.75, 3.05) is 22.2 Å². The average molecular weight is 535 g/mol. The van der Waals surface area contributed by atoms with Gasteiger partial charge in [0.2, 0.25) is 0 Å². The number of nitrogens with zero attached hydrogens (tertiary/aromatic N) is 2. The second-order valence-electron chi connectivity index (χ2n) is 7.26. The van der Waals surface area contributed by atoms with E-state index in [9.17, 15) is 14.4 Å². The number of amides is 3. The molecule has 6 nitrogen and oxygen atoms in total. The number of hydrogen-bond acceptors (Lipinski definition) is 4. The smallest absolute Gasteiger partial charge is 0.283 e. The summed E-state index contributed by atoms with van der Waals surface area (Å²) in [6.45, 7) is 0. The molecule has 3 aromatic carbocycles. The van der Waals surface area contributed by atoms with E-state index in [1.165, 1.54) is 17.0 Å². The summed E-state index contributed by atoms with van der Waals surface area (Å²) in [6.07, 6.45) is 0. The van der Waals surface area contributed by atoms with E-state index in [-0.39, 0.29) is 37.4 Å². The van der Waals surface area contributed by atoms with Crippen molar-refractivity contribution in [1.29, 1.82) is 0 Å². The van der Waals surface area contributed by atoms with Crippen LogP contribution in [0.4, 0.5) is 17.1 Å². The number of benzene rings is 3. The van der Waals surface area contributed by atoms with Gasteiger partial charge in [-0.3, -0.25) is 14.4 Å². The maximum Gasteiger partial charge on any atom is 0.283 e. The number of rotatable bonds is 5. The standard InChI is InChI=1S/C24H15Cl4N3O3/c1-30(15-8-3-2-4-9-15)22(32)13-6-5-7-14(10-13)29-21-20(28)23(33)31(24(21)34)19-12-17(26)16(25)11-18(19)27/h2-12,29H,1H3. The molecule has 3 aromatic rings. The molecule has 1 aliphatic heterocycles. The SMILES string of the molecule is CN(C(=O)c1cccc(NC2=C(Cl)C(=O)N(c3cc(Cl)c(Cl)cc3Cl)C2=O)c1)c1ccccc1. The van der Waals surface area contributed by atoms with Crippen molar-refractivity contribution in [3.8, 4) is 0 Å². The number of imide groups is 1. The highest BCUT2D eigenvalue weighted by Crippen LogP contribution is 2.38. The number of carbonyl (C=O) groups excluding carboxylic acids is 3. The van der Waals surface area contributed by atoms with Crippen LogP contribution in [0.25, 0.3) is 0 Å². The Kier molecular flexibility index (Phi) is 6.86. The van der Waals surface area contributed by atoms with Gasteiger partial charge in [0.25, 0.3) is 17.7 Å². The fourth-order valence-corrected chi connectivity index (χ4v) is 4.19. The van der Waals surface area contributed by atoms with Crippen LogP contribution in [0.2, 0.25) is 15.1 Å². The molecule has 172 valence electrons. The average Bonchev–Trinajstić information content (AvgIpc) is 3.04. The zero-order valence-electron chi connectivity index (χ0n) is 17.5. The number of carbonyl (C=O) groups is 3. The molecule has 0 spiro atoms.